The third-order valence-electron chi connectivity index (χ3n) is 2.25. The van der Waals surface area contributed by atoms with Crippen molar-refractivity contribution in [2.75, 3.05) is 5.06 Å². The van der Waals surface area contributed by atoms with Gasteiger partial charge >= 0.3 is 0 Å². The van der Waals surface area contributed by atoms with Gasteiger partial charge in [-0.1, -0.05) is 29.8 Å². The molecule has 1 aliphatic rings. The van der Waals surface area contributed by atoms with E-state index < -0.39 is 0 Å². The lowest BCUT2D eigenvalue weighted by Gasteiger charge is -2.14. The molecule has 0 amide bonds. The van der Waals surface area contributed by atoms with E-state index in [4.69, 9.17) is 11.6 Å². The number of halogens is 1. The molecule has 17 heavy (non-hydrogen) atoms. The molecule has 0 fully saturated rings. The van der Waals surface area contributed by atoms with E-state index in [0.29, 0.717) is 16.3 Å². The zero-order valence-electron chi connectivity index (χ0n) is 8.88. The van der Waals surface area contributed by atoms with Crippen molar-refractivity contribution in [3.8, 4) is 0 Å². The van der Waals surface area contributed by atoms with Crippen LogP contribution in [-0.4, -0.2) is 11.0 Å². The summed E-state index contributed by atoms with van der Waals surface area (Å²) in [5.41, 5.74) is 1.20. The zero-order valence-corrected chi connectivity index (χ0v) is 9.63. The molecule has 0 spiro atoms. The van der Waals surface area contributed by atoms with Crippen LogP contribution >= 0.6 is 11.6 Å². The summed E-state index contributed by atoms with van der Waals surface area (Å²) in [5, 5.41) is 11.1. The normalized spacial score (nSPS) is 17.2. The van der Waals surface area contributed by atoms with Crippen LogP contribution in [0.1, 0.15) is 0 Å². The molecule has 0 saturated heterocycles. The number of hydrogen-bond acceptors (Lipinski definition) is 3. The number of hydroxylamine groups is 1. The molecule has 0 unspecified atom stereocenters. The SMILES string of the molecule is O=C1C=CC(=CN(O)c2ccccc2)C(Cl)=C1. The van der Waals surface area contributed by atoms with Crippen LogP contribution in [0.2, 0.25) is 0 Å². The first-order valence-electron chi connectivity index (χ1n) is 5.01. The van der Waals surface area contributed by atoms with Crippen molar-refractivity contribution in [1.29, 1.82) is 0 Å². The maximum atomic E-state index is 11.0. The quantitative estimate of drug-likeness (QED) is 0.817. The minimum Gasteiger partial charge on any atom is -0.290 e. The molecule has 86 valence electrons. The van der Waals surface area contributed by atoms with Gasteiger partial charge in [0.2, 0.25) is 0 Å². The van der Waals surface area contributed by atoms with E-state index in [2.05, 4.69) is 0 Å². The van der Waals surface area contributed by atoms with Gasteiger partial charge in [0.1, 0.15) is 0 Å². The number of carbonyl (C=O) groups is 1. The third-order valence-corrected chi connectivity index (χ3v) is 2.58. The van der Waals surface area contributed by atoms with Gasteiger partial charge in [0.05, 0.1) is 10.7 Å². The number of para-hydroxylation sites is 1. The van der Waals surface area contributed by atoms with Crippen LogP contribution < -0.4 is 5.06 Å². The second-order valence-electron chi connectivity index (χ2n) is 3.49. The molecule has 0 bridgehead atoms. The van der Waals surface area contributed by atoms with Crippen molar-refractivity contribution < 1.29 is 10.0 Å². The lowest BCUT2D eigenvalue weighted by atomic mass is 10.1. The van der Waals surface area contributed by atoms with Crippen LogP contribution in [0.25, 0.3) is 0 Å². The summed E-state index contributed by atoms with van der Waals surface area (Å²) in [6.07, 6.45) is 5.73. The van der Waals surface area contributed by atoms with Gasteiger partial charge in [-0.2, -0.15) is 0 Å². The van der Waals surface area contributed by atoms with Crippen molar-refractivity contribution >= 4 is 23.1 Å². The summed E-state index contributed by atoms with van der Waals surface area (Å²) in [6, 6.07) is 9.00. The molecule has 0 radical (unpaired) electrons. The molecule has 0 atom stereocenters. The van der Waals surface area contributed by atoms with Gasteiger partial charge in [0.15, 0.2) is 5.78 Å². The lowest BCUT2D eigenvalue weighted by molar-refractivity contribution is -0.110. The second-order valence-corrected chi connectivity index (χ2v) is 3.90. The predicted molar refractivity (Wildman–Crippen MR) is 66.9 cm³/mol. The Balaban J connectivity index is 2.23. The first kappa shape index (κ1) is 11.6. The summed E-state index contributed by atoms with van der Waals surface area (Å²) in [6.45, 7) is 0. The van der Waals surface area contributed by atoms with Crippen molar-refractivity contribution in [2.45, 2.75) is 0 Å². The van der Waals surface area contributed by atoms with Gasteiger partial charge in [0, 0.05) is 17.8 Å². The van der Waals surface area contributed by atoms with Crippen molar-refractivity contribution in [2.24, 2.45) is 0 Å². The number of rotatable bonds is 2. The molecule has 1 aliphatic carbocycles. The largest absolute Gasteiger partial charge is 0.290 e. The Morgan fingerprint density at radius 2 is 1.88 bits per heavy atom. The zero-order chi connectivity index (χ0) is 12.3. The first-order chi connectivity index (χ1) is 8.16. The van der Waals surface area contributed by atoms with Crippen LogP contribution in [0.4, 0.5) is 5.69 Å². The standard InChI is InChI=1S/C13H10ClNO2/c14-13-8-12(16)7-6-10(13)9-15(17)11-4-2-1-3-5-11/h1-9,17H. The molecule has 0 aliphatic heterocycles. The van der Waals surface area contributed by atoms with Crippen molar-refractivity contribution in [3.05, 3.63) is 65.4 Å². The number of nitrogens with zero attached hydrogens (tertiary/aromatic N) is 1. The number of benzene rings is 1. The van der Waals surface area contributed by atoms with Gasteiger partial charge in [-0.15, -0.1) is 0 Å². The van der Waals surface area contributed by atoms with Crippen LogP contribution in [-0.2, 0) is 4.79 Å². The highest BCUT2D eigenvalue weighted by molar-refractivity contribution is 6.34. The van der Waals surface area contributed by atoms with Gasteiger partial charge in [-0.3, -0.25) is 10.0 Å². The Morgan fingerprint density at radius 1 is 1.18 bits per heavy atom. The van der Waals surface area contributed by atoms with Crippen LogP contribution in [0.5, 0.6) is 0 Å². The molecule has 2 rings (SSSR count). The molecule has 1 aromatic carbocycles. The van der Waals surface area contributed by atoms with Gasteiger partial charge in [-0.25, -0.2) is 5.06 Å². The van der Waals surface area contributed by atoms with E-state index in [1.165, 1.54) is 18.4 Å². The number of allylic oxidation sites excluding steroid dienone is 5. The summed E-state index contributed by atoms with van der Waals surface area (Å²) >= 11 is 5.89. The summed E-state index contributed by atoms with van der Waals surface area (Å²) < 4.78 is 0. The van der Waals surface area contributed by atoms with E-state index in [9.17, 15) is 10.0 Å². The molecule has 0 aromatic heterocycles. The predicted octanol–water partition coefficient (Wildman–Crippen LogP) is 3.03. The van der Waals surface area contributed by atoms with Crippen molar-refractivity contribution in [1.82, 2.24) is 0 Å². The highest BCUT2D eigenvalue weighted by Gasteiger charge is 2.09. The van der Waals surface area contributed by atoms with Crippen LogP contribution in [0.3, 0.4) is 0 Å². The Kier molecular flexibility index (Phi) is 3.42. The van der Waals surface area contributed by atoms with Gasteiger partial charge < -0.3 is 0 Å². The minimum absolute atomic E-state index is 0.156. The fourth-order valence-corrected chi connectivity index (χ4v) is 1.62. The van der Waals surface area contributed by atoms with E-state index in [-0.39, 0.29) is 5.78 Å². The lowest BCUT2D eigenvalue weighted by Crippen LogP contribution is -2.11. The topological polar surface area (TPSA) is 40.5 Å². The van der Waals surface area contributed by atoms with Gasteiger partial charge in [-0.05, 0) is 24.3 Å². The smallest absolute Gasteiger partial charge is 0.180 e. The van der Waals surface area contributed by atoms with Crippen LogP contribution in [0.15, 0.2) is 65.4 Å². The molecule has 3 nitrogen and oxygen atoms in total. The fourth-order valence-electron chi connectivity index (χ4n) is 1.40. The Hall–Kier alpha value is -1.84. The Morgan fingerprint density at radius 3 is 2.53 bits per heavy atom. The second kappa shape index (κ2) is 4.99. The molecule has 0 heterocycles. The maximum Gasteiger partial charge on any atom is 0.180 e. The first-order valence-corrected chi connectivity index (χ1v) is 5.39. The number of ketones is 1. The van der Waals surface area contributed by atoms with E-state index in [0.717, 1.165) is 5.06 Å². The molecule has 1 N–H and O–H groups in total. The molecule has 4 heteroatoms. The van der Waals surface area contributed by atoms with Crippen molar-refractivity contribution in [3.63, 3.8) is 0 Å². The molecule has 1 aromatic rings. The number of anilines is 1. The average molecular weight is 248 g/mol. The maximum absolute atomic E-state index is 11.0. The summed E-state index contributed by atoms with van der Waals surface area (Å²) in [7, 11) is 0. The Labute approximate surface area is 104 Å². The highest BCUT2D eigenvalue weighted by atomic mass is 35.5. The summed E-state index contributed by atoms with van der Waals surface area (Å²) in [4.78, 5) is 11.0. The monoisotopic (exact) mass is 247 g/mol. The van der Waals surface area contributed by atoms with E-state index >= 15 is 0 Å². The molecule has 0 saturated carbocycles. The Bertz CT molecular complexity index is 517. The van der Waals surface area contributed by atoms with Crippen LogP contribution in [0, 0.1) is 0 Å². The minimum atomic E-state index is -0.156. The fraction of sp³-hybridized carbons (Fsp3) is 0. The number of hydrogen-bond donors (Lipinski definition) is 1. The third kappa shape index (κ3) is 2.84. The van der Waals surface area contributed by atoms with E-state index in [1.54, 1.807) is 18.2 Å². The van der Waals surface area contributed by atoms with Gasteiger partial charge in [0.25, 0.3) is 0 Å². The number of carbonyl (C=O) groups excluding carboxylic acids is 1. The summed E-state index contributed by atoms with van der Waals surface area (Å²) in [5.74, 6) is -0.156. The molecular weight excluding hydrogens is 238 g/mol. The van der Waals surface area contributed by atoms with E-state index in [1.807, 2.05) is 18.2 Å². The highest BCUT2D eigenvalue weighted by Crippen LogP contribution is 2.22. The average Bonchev–Trinajstić information content (AvgIpc) is 2.34. The molecular formula is C13H10ClNO2.